The molecule has 1 atom stereocenters. The monoisotopic (exact) mass is 443 g/mol. The molecule has 5 rings (SSSR count). The summed E-state index contributed by atoms with van der Waals surface area (Å²) >= 11 is 1.56. The number of fused-ring (bicyclic) bond motifs is 2. The third-order valence-electron chi connectivity index (χ3n) is 5.50. The van der Waals surface area contributed by atoms with Crippen LogP contribution in [0.25, 0.3) is 32.4 Å². The van der Waals surface area contributed by atoms with Crippen LogP contribution in [0.2, 0.25) is 0 Å². The fraction of sp³-hybridized carbons (Fsp3) is 0.333. The summed E-state index contributed by atoms with van der Waals surface area (Å²) in [7, 11) is -2.66. The topological polar surface area (TPSA) is 82.7 Å². The van der Waals surface area contributed by atoms with Crippen molar-refractivity contribution in [2.24, 2.45) is 0 Å². The molecular formula is C21H23FN5OPS. The van der Waals surface area contributed by atoms with Crippen molar-refractivity contribution in [1.29, 1.82) is 0 Å². The number of nitrogens with one attached hydrogen (secondary N) is 3. The van der Waals surface area contributed by atoms with Crippen molar-refractivity contribution in [3.05, 3.63) is 35.6 Å². The average Bonchev–Trinajstić information content (AvgIpc) is 3.33. The number of H-pyrrole nitrogens is 1. The van der Waals surface area contributed by atoms with Crippen LogP contribution >= 0.6 is 18.5 Å². The van der Waals surface area contributed by atoms with E-state index in [1.54, 1.807) is 24.7 Å². The van der Waals surface area contributed by atoms with E-state index in [0.717, 1.165) is 47.4 Å². The Morgan fingerprint density at radius 1 is 1.30 bits per heavy atom. The number of anilines is 1. The van der Waals surface area contributed by atoms with Crippen LogP contribution in [0.1, 0.15) is 12.8 Å². The van der Waals surface area contributed by atoms with Gasteiger partial charge < -0.3 is 20.2 Å². The van der Waals surface area contributed by atoms with Crippen LogP contribution in [0.15, 0.2) is 29.8 Å². The Hall–Kier alpha value is -2.28. The number of aromatic nitrogens is 3. The van der Waals surface area contributed by atoms with E-state index in [-0.39, 0.29) is 6.04 Å². The van der Waals surface area contributed by atoms with Crippen molar-refractivity contribution in [3.8, 4) is 11.3 Å². The molecule has 0 radical (unpaired) electrons. The van der Waals surface area contributed by atoms with Gasteiger partial charge in [0.15, 0.2) is 0 Å². The van der Waals surface area contributed by atoms with E-state index in [1.165, 1.54) is 12.1 Å². The van der Waals surface area contributed by atoms with E-state index in [0.29, 0.717) is 22.2 Å². The van der Waals surface area contributed by atoms with Crippen molar-refractivity contribution in [2.45, 2.75) is 18.9 Å². The Morgan fingerprint density at radius 3 is 2.93 bits per heavy atom. The average molecular weight is 443 g/mol. The smallest absolute Gasteiger partial charge is 0.224 e. The number of hydrogen-bond donors (Lipinski definition) is 3. The van der Waals surface area contributed by atoms with Gasteiger partial charge in [0.25, 0.3) is 0 Å². The van der Waals surface area contributed by atoms with Crippen molar-refractivity contribution < 1.29 is 8.96 Å². The fourth-order valence-electron chi connectivity index (χ4n) is 4.07. The molecule has 9 heteroatoms. The number of halogens is 1. The molecular weight excluding hydrogens is 420 g/mol. The summed E-state index contributed by atoms with van der Waals surface area (Å²) in [5.41, 5.74) is 3.11. The summed E-state index contributed by atoms with van der Waals surface area (Å²) in [6, 6.07) is 5.11. The Bertz CT molecular complexity index is 1290. The molecule has 1 aliphatic rings. The second-order valence-electron chi connectivity index (χ2n) is 8.12. The van der Waals surface area contributed by atoms with Gasteiger partial charge in [0.05, 0.1) is 21.4 Å². The maximum absolute atomic E-state index is 14.5. The van der Waals surface area contributed by atoms with Crippen LogP contribution in [-0.4, -0.2) is 47.4 Å². The summed E-state index contributed by atoms with van der Waals surface area (Å²) in [4.78, 5) is 12.7. The standard InChI is InChI=1S/C21H23FN5OPS/c1-29(2,28)17-9-12(22)8-14-15(11-24-18(14)17)19-20-16(5-7-30-20)26-21(27-19)25-13-4-3-6-23-10-13/h5,7-9,11,13,23-24H,3-4,6,10H2,1-2H3,(H,25,26,27)/t13-/m0/s1. The van der Waals surface area contributed by atoms with Crippen molar-refractivity contribution in [1.82, 2.24) is 20.3 Å². The molecule has 0 bridgehead atoms. The van der Waals surface area contributed by atoms with Crippen molar-refractivity contribution in [2.75, 3.05) is 31.7 Å². The highest BCUT2D eigenvalue weighted by atomic mass is 32.1. The van der Waals surface area contributed by atoms with Gasteiger partial charge in [0.1, 0.15) is 13.0 Å². The minimum Gasteiger partial charge on any atom is -0.360 e. The first-order valence-electron chi connectivity index (χ1n) is 9.99. The molecule has 156 valence electrons. The summed E-state index contributed by atoms with van der Waals surface area (Å²) < 4.78 is 28.2. The number of thiophene rings is 1. The summed E-state index contributed by atoms with van der Waals surface area (Å²) in [5, 5.41) is 10.0. The molecule has 4 aromatic rings. The normalized spacial score (nSPS) is 17.6. The minimum atomic E-state index is -2.66. The molecule has 0 amide bonds. The van der Waals surface area contributed by atoms with Gasteiger partial charge in [-0.25, -0.2) is 14.4 Å². The van der Waals surface area contributed by atoms with Gasteiger partial charge in [-0.3, -0.25) is 0 Å². The Balaban J connectivity index is 1.67. The maximum atomic E-state index is 14.5. The molecule has 1 aliphatic heterocycles. The summed E-state index contributed by atoms with van der Waals surface area (Å²) in [6.45, 7) is 5.23. The van der Waals surface area contributed by atoms with Gasteiger partial charge in [0.2, 0.25) is 5.95 Å². The van der Waals surface area contributed by atoms with Gasteiger partial charge in [-0.05, 0) is 56.3 Å². The molecule has 30 heavy (non-hydrogen) atoms. The predicted octanol–water partition coefficient (Wildman–Crippen LogP) is 4.39. The molecule has 0 unspecified atom stereocenters. The number of rotatable bonds is 4. The van der Waals surface area contributed by atoms with E-state index in [4.69, 9.17) is 4.98 Å². The predicted molar refractivity (Wildman–Crippen MR) is 123 cm³/mol. The fourth-order valence-corrected chi connectivity index (χ4v) is 6.06. The third-order valence-corrected chi connectivity index (χ3v) is 7.93. The number of hydrogen-bond acceptors (Lipinski definition) is 6. The van der Waals surface area contributed by atoms with E-state index >= 15 is 0 Å². The highest BCUT2D eigenvalue weighted by Crippen LogP contribution is 2.41. The van der Waals surface area contributed by atoms with Gasteiger partial charge in [-0.15, -0.1) is 11.3 Å². The number of aromatic amines is 1. The van der Waals surface area contributed by atoms with E-state index in [2.05, 4.69) is 20.6 Å². The van der Waals surface area contributed by atoms with Crippen LogP contribution in [0.3, 0.4) is 0 Å². The van der Waals surface area contributed by atoms with Crippen LogP contribution in [0, 0.1) is 5.82 Å². The van der Waals surface area contributed by atoms with Gasteiger partial charge >= 0.3 is 0 Å². The SMILES string of the molecule is CP(C)(=O)c1cc(F)cc2c(-c3nc(N[C@H]4CCCNC4)nc4ccsc34)c[nH]c12. The molecule has 1 fully saturated rings. The highest BCUT2D eigenvalue weighted by molar-refractivity contribution is 7.70. The maximum Gasteiger partial charge on any atom is 0.224 e. The molecule has 0 aliphatic carbocycles. The molecule has 3 aromatic heterocycles. The van der Waals surface area contributed by atoms with Gasteiger partial charge in [-0.1, -0.05) is 0 Å². The zero-order chi connectivity index (χ0) is 20.9. The van der Waals surface area contributed by atoms with Crippen LogP contribution in [0.5, 0.6) is 0 Å². The first-order valence-corrected chi connectivity index (χ1v) is 13.5. The molecule has 1 aromatic carbocycles. The molecule has 3 N–H and O–H groups in total. The molecule has 0 spiro atoms. The van der Waals surface area contributed by atoms with Crippen LogP contribution < -0.4 is 15.9 Å². The van der Waals surface area contributed by atoms with Gasteiger partial charge in [0, 0.05) is 35.0 Å². The largest absolute Gasteiger partial charge is 0.360 e. The second kappa shape index (κ2) is 7.45. The molecule has 1 saturated heterocycles. The van der Waals surface area contributed by atoms with E-state index in [1.807, 2.05) is 17.6 Å². The number of nitrogens with zero attached hydrogens (tertiary/aromatic N) is 2. The first kappa shape index (κ1) is 19.7. The Morgan fingerprint density at radius 2 is 2.17 bits per heavy atom. The number of benzene rings is 1. The lowest BCUT2D eigenvalue weighted by Gasteiger charge is -2.24. The third kappa shape index (κ3) is 3.53. The van der Waals surface area contributed by atoms with E-state index < -0.39 is 13.0 Å². The molecule has 4 heterocycles. The zero-order valence-electron chi connectivity index (χ0n) is 16.8. The lowest BCUT2D eigenvalue weighted by molar-refractivity contribution is 0.478. The highest BCUT2D eigenvalue weighted by Gasteiger charge is 2.22. The number of piperidine rings is 1. The Kier molecular flexibility index (Phi) is 4.88. The van der Waals surface area contributed by atoms with Crippen molar-refractivity contribution in [3.63, 3.8) is 0 Å². The van der Waals surface area contributed by atoms with Crippen LogP contribution in [0.4, 0.5) is 10.3 Å². The lowest BCUT2D eigenvalue weighted by atomic mass is 10.1. The Labute approximate surface area is 177 Å². The quantitative estimate of drug-likeness (QED) is 0.408. The first-order chi connectivity index (χ1) is 14.4. The lowest BCUT2D eigenvalue weighted by Crippen LogP contribution is -2.38. The molecule has 6 nitrogen and oxygen atoms in total. The van der Waals surface area contributed by atoms with E-state index in [9.17, 15) is 8.96 Å². The second-order valence-corrected chi connectivity index (χ2v) is 12.2. The summed E-state index contributed by atoms with van der Waals surface area (Å²) in [6.07, 6.45) is 4.01. The summed E-state index contributed by atoms with van der Waals surface area (Å²) in [5.74, 6) is 0.178. The van der Waals surface area contributed by atoms with Gasteiger partial charge in [-0.2, -0.15) is 0 Å². The molecule has 0 saturated carbocycles. The van der Waals surface area contributed by atoms with Crippen molar-refractivity contribution >= 4 is 50.9 Å². The minimum absolute atomic E-state index is 0.278. The van der Waals surface area contributed by atoms with Crippen LogP contribution in [-0.2, 0) is 4.57 Å². The zero-order valence-corrected chi connectivity index (χ0v) is 18.5.